The summed E-state index contributed by atoms with van der Waals surface area (Å²) in [7, 11) is 1.36. The number of hydrogen-bond acceptors (Lipinski definition) is 3. The lowest BCUT2D eigenvalue weighted by atomic mass is 10.2. The Bertz CT molecular complexity index is 595. The van der Waals surface area contributed by atoms with Crippen LogP contribution in [0.5, 0.6) is 0 Å². The van der Waals surface area contributed by atoms with Crippen LogP contribution in [0.2, 0.25) is 5.02 Å². The Kier molecular flexibility index (Phi) is 4.38. The Balaban J connectivity index is 2.24. The number of carbonyl (C=O) groups excluding carboxylic acids is 1. The van der Waals surface area contributed by atoms with Crippen LogP contribution in [-0.4, -0.2) is 20.4 Å². The monoisotopic (exact) mass is 321 g/mol. The maximum Gasteiger partial charge on any atom is 0.261 e. The van der Waals surface area contributed by atoms with E-state index in [2.05, 4.69) is 5.32 Å². The van der Waals surface area contributed by atoms with E-state index in [0.29, 0.717) is 0 Å². The van der Waals surface area contributed by atoms with Crippen molar-refractivity contribution in [2.24, 2.45) is 0 Å². The summed E-state index contributed by atoms with van der Waals surface area (Å²) in [5.41, 5.74) is 0.207. The zero-order valence-corrected chi connectivity index (χ0v) is 12.4. The zero-order chi connectivity index (χ0) is 14.0. The number of benzene rings is 1. The van der Waals surface area contributed by atoms with Gasteiger partial charge < -0.3 is 5.32 Å². The number of halogens is 2. The summed E-state index contributed by atoms with van der Waals surface area (Å²) >= 11 is 5.81. The molecule has 0 saturated heterocycles. The van der Waals surface area contributed by atoms with E-state index in [-0.39, 0.29) is 27.4 Å². The van der Waals surface area contributed by atoms with Crippen LogP contribution in [0.3, 0.4) is 0 Å². The van der Waals surface area contributed by atoms with Gasteiger partial charge in [-0.15, -0.1) is 0 Å². The van der Waals surface area contributed by atoms with Crippen molar-refractivity contribution in [2.45, 2.75) is 36.6 Å². The Morgan fingerprint density at radius 1 is 1.21 bits per heavy atom. The van der Waals surface area contributed by atoms with Crippen molar-refractivity contribution in [1.82, 2.24) is 5.32 Å². The fourth-order valence-electron chi connectivity index (χ4n) is 2.17. The molecule has 0 atom stereocenters. The number of amides is 1. The van der Waals surface area contributed by atoms with Crippen LogP contribution >= 0.6 is 22.3 Å². The standard InChI is InChI=1S/C12H13Cl2NO3S/c13-9-5-8(6-11(7-9)19(14,17)18)12(16)15-10-3-1-2-4-10/h5-7,10H,1-4H2,(H,15,16). The molecule has 19 heavy (non-hydrogen) atoms. The summed E-state index contributed by atoms with van der Waals surface area (Å²) in [6.45, 7) is 0. The number of carbonyl (C=O) groups is 1. The van der Waals surface area contributed by atoms with Crippen molar-refractivity contribution in [3.05, 3.63) is 28.8 Å². The quantitative estimate of drug-likeness (QED) is 0.870. The molecule has 0 heterocycles. The molecule has 0 radical (unpaired) electrons. The van der Waals surface area contributed by atoms with E-state index in [0.717, 1.165) is 25.7 Å². The van der Waals surface area contributed by atoms with Crippen molar-refractivity contribution in [2.75, 3.05) is 0 Å². The Morgan fingerprint density at radius 3 is 2.42 bits per heavy atom. The fraction of sp³-hybridized carbons (Fsp3) is 0.417. The van der Waals surface area contributed by atoms with Crippen LogP contribution in [0.1, 0.15) is 36.0 Å². The average Bonchev–Trinajstić information content (AvgIpc) is 2.79. The third-order valence-electron chi connectivity index (χ3n) is 3.11. The van der Waals surface area contributed by atoms with Gasteiger partial charge in [-0.25, -0.2) is 8.42 Å². The zero-order valence-electron chi connectivity index (χ0n) is 10.0. The highest BCUT2D eigenvalue weighted by molar-refractivity contribution is 8.13. The lowest BCUT2D eigenvalue weighted by molar-refractivity contribution is 0.0937. The van der Waals surface area contributed by atoms with Gasteiger partial charge in [0.25, 0.3) is 15.0 Å². The third-order valence-corrected chi connectivity index (χ3v) is 4.66. The van der Waals surface area contributed by atoms with Gasteiger partial charge in [0.15, 0.2) is 0 Å². The molecule has 0 aromatic heterocycles. The average molecular weight is 322 g/mol. The molecular formula is C12H13Cl2NO3S. The van der Waals surface area contributed by atoms with Crippen molar-refractivity contribution >= 4 is 37.2 Å². The molecule has 0 spiro atoms. The molecule has 2 rings (SSSR count). The van der Waals surface area contributed by atoms with Gasteiger partial charge in [0.2, 0.25) is 0 Å². The summed E-state index contributed by atoms with van der Waals surface area (Å²) < 4.78 is 22.6. The largest absolute Gasteiger partial charge is 0.349 e. The van der Waals surface area contributed by atoms with E-state index >= 15 is 0 Å². The van der Waals surface area contributed by atoms with Crippen molar-refractivity contribution < 1.29 is 13.2 Å². The molecule has 1 aromatic rings. The van der Waals surface area contributed by atoms with Crippen LogP contribution < -0.4 is 5.32 Å². The minimum Gasteiger partial charge on any atom is -0.349 e. The Morgan fingerprint density at radius 2 is 1.84 bits per heavy atom. The summed E-state index contributed by atoms with van der Waals surface area (Å²) in [5, 5.41) is 3.03. The van der Waals surface area contributed by atoms with Gasteiger partial charge in [-0.3, -0.25) is 4.79 Å². The SMILES string of the molecule is O=C(NC1CCCC1)c1cc(Cl)cc(S(=O)(=O)Cl)c1. The van der Waals surface area contributed by atoms with Gasteiger partial charge in [0.1, 0.15) is 0 Å². The first-order valence-electron chi connectivity index (χ1n) is 5.92. The fourth-order valence-corrected chi connectivity index (χ4v) is 3.28. The first-order chi connectivity index (χ1) is 8.86. The molecule has 1 aliphatic carbocycles. The highest BCUT2D eigenvalue weighted by atomic mass is 35.7. The molecule has 1 aliphatic rings. The summed E-state index contributed by atoms with van der Waals surface area (Å²) in [5.74, 6) is -0.323. The molecule has 7 heteroatoms. The van der Waals surface area contributed by atoms with E-state index < -0.39 is 9.05 Å². The molecule has 104 valence electrons. The van der Waals surface area contributed by atoms with Gasteiger partial charge in [-0.05, 0) is 31.0 Å². The molecule has 1 N–H and O–H groups in total. The molecule has 0 aliphatic heterocycles. The van der Waals surface area contributed by atoms with Crippen molar-refractivity contribution in [3.63, 3.8) is 0 Å². The second kappa shape index (κ2) is 5.69. The molecule has 4 nitrogen and oxygen atoms in total. The highest BCUT2D eigenvalue weighted by Gasteiger charge is 2.20. The van der Waals surface area contributed by atoms with Gasteiger partial charge in [-0.1, -0.05) is 24.4 Å². The van der Waals surface area contributed by atoms with Gasteiger partial charge >= 0.3 is 0 Å². The van der Waals surface area contributed by atoms with E-state index in [4.69, 9.17) is 22.3 Å². The summed E-state index contributed by atoms with van der Waals surface area (Å²) in [6.07, 6.45) is 4.10. The predicted molar refractivity (Wildman–Crippen MR) is 74.2 cm³/mol. The second-order valence-corrected chi connectivity index (χ2v) is 7.57. The van der Waals surface area contributed by atoms with Crippen LogP contribution in [0.25, 0.3) is 0 Å². The molecular weight excluding hydrogens is 309 g/mol. The maximum atomic E-state index is 12.0. The molecule has 1 saturated carbocycles. The first-order valence-corrected chi connectivity index (χ1v) is 8.61. The smallest absolute Gasteiger partial charge is 0.261 e. The van der Waals surface area contributed by atoms with Gasteiger partial charge in [-0.2, -0.15) is 0 Å². The van der Waals surface area contributed by atoms with Crippen LogP contribution in [0.15, 0.2) is 23.1 Å². The molecule has 0 unspecified atom stereocenters. The maximum absolute atomic E-state index is 12.0. The minimum atomic E-state index is -3.90. The van der Waals surface area contributed by atoms with Crippen LogP contribution in [-0.2, 0) is 9.05 Å². The van der Waals surface area contributed by atoms with Gasteiger partial charge in [0, 0.05) is 27.3 Å². The summed E-state index contributed by atoms with van der Waals surface area (Å²) in [6, 6.07) is 4.04. The Labute approximate surface area is 121 Å². The molecule has 0 bridgehead atoms. The Hall–Kier alpha value is -0.780. The van der Waals surface area contributed by atoms with E-state index in [9.17, 15) is 13.2 Å². The predicted octanol–water partition coefficient (Wildman–Crippen LogP) is 2.94. The summed E-state index contributed by atoms with van der Waals surface area (Å²) in [4.78, 5) is 11.9. The first kappa shape index (κ1) is 14.6. The lowest BCUT2D eigenvalue weighted by Crippen LogP contribution is -2.32. The lowest BCUT2D eigenvalue weighted by Gasteiger charge is -2.12. The molecule has 1 aromatic carbocycles. The molecule has 1 amide bonds. The molecule has 1 fully saturated rings. The number of nitrogens with one attached hydrogen (secondary N) is 1. The minimum absolute atomic E-state index is 0.155. The second-order valence-electron chi connectivity index (χ2n) is 4.57. The van der Waals surface area contributed by atoms with E-state index in [1.165, 1.54) is 18.2 Å². The van der Waals surface area contributed by atoms with E-state index in [1.54, 1.807) is 0 Å². The topological polar surface area (TPSA) is 63.2 Å². The number of rotatable bonds is 3. The van der Waals surface area contributed by atoms with Gasteiger partial charge in [0.05, 0.1) is 4.90 Å². The van der Waals surface area contributed by atoms with Crippen LogP contribution in [0, 0.1) is 0 Å². The number of hydrogen-bond donors (Lipinski definition) is 1. The highest BCUT2D eigenvalue weighted by Crippen LogP contribution is 2.23. The van der Waals surface area contributed by atoms with Crippen molar-refractivity contribution in [3.8, 4) is 0 Å². The van der Waals surface area contributed by atoms with E-state index in [1.807, 2.05) is 0 Å². The normalized spacial score (nSPS) is 16.5. The van der Waals surface area contributed by atoms with Crippen LogP contribution in [0.4, 0.5) is 0 Å². The third kappa shape index (κ3) is 3.84. The van der Waals surface area contributed by atoms with Crippen molar-refractivity contribution in [1.29, 1.82) is 0 Å².